The average molecular weight is 466 g/mol. The fourth-order valence-corrected chi connectivity index (χ4v) is 4.68. The van der Waals surface area contributed by atoms with E-state index in [9.17, 15) is 22.4 Å². The number of carbonyl (C=O) groups is 2. The molecule has 0 aliphatic carbocycles. The van der Waals surface area contributed by atoms with Gasteiger partial charge in [-0.1, -0.05) is 12.1 Å². The van der Waals surface area contributed by atoms with Crippen LogP contribution in [0.5, 0.6) is 5.75 Å². The van der Waals surface area contributed by atoms with Crippen molar-refractivity contribution in [2.24, 2.45) is 0 Å². The largest absolute Gasteiger partial charge is 0.497 e. The zero-order chi connectivity index (χ0) is 23.1. The Balaban J connectivity index is 1.58. The summed E-state index contributed by atoms with van der Waals surface area (Å²) in [7, 11) is -2.40. The van der Waals surface area contributed by atoms with E-state index in [1.807, 2.05) is 0 Å². The fraction of sp³-hybridized carbons (Fsp3) is 0.333. The quantitative estimate of drug-likeness (QED) is 0.590. The maximum Gasteiger partial charge on any atom is 0.309 e. The smallest absolute Gasteiger partial charge is 0.309 e. The number of nitrogens with zero attached hydrogens (tertiary/aromatic N) is 1. The monoisotopic (exact) mass is 465 g/mol. The molecule has 2 aromatic carbocycles. The molecule has 32 heavy (non-hydrogen) atoms. The highest BCUT2D eigenvalue weighted by atomic mass is 32.2. The van der Waals surface area contributed by atoms with Crippen molar-refractivity contribution in [1.29, 1.82) is 0 Å². The van der Waals surface area contributed by atoms with Crippen LogP contribution in [-0.2, 0) is 30.9 Å². The molecule has 1 aliphatic rings. The van der Waals surface area contributed by atoms with Gasteiger partial charge < -0.3 is 20.1 Å². The number of rotatable bonds is 7. The van der Waals surface area contributed by atoms with Crippen LogP contribution in [0, 0.1) is 5.82 Å². The van der Waals surface area contributed by atoms with Crippen LogP contribution in [0.1, 0.15) is 12.0 Å². The van der Waals surface area contributed by atoms with Gasteiger partial charge in [0, 0.05) is 13.1 Å². The van der Waals surface area contributed by atoms with Gasteiger partial charge in [-0.25, -0.2) is 12.8 Å². The standard InChI is InChI=1S/C21H24FN3O6S/c1-30-17-7-9-18(10-8-17)32(28,29)25-11-2-12-31-19(25)14-24-21(27)20(26)23-13-15-3-5-16(22)6-4-15/h3-10,19H,2,11-14H2,1H3,(H,23,26)(H,24,27)/t19-/m1/s1. The zero-order valence-electron chi connectivity index (χ0n) is 17.4. The fourth-order valence-electron chi connectivity index (χ4n) is 3.11. The molecule has 0 saturated carbocycles. The summed E-state index contributed by atoms with van der Waals surface area (Å²) in [6.07, 6.45) is -0.456. The van der Waals surface area contributed by atoms with Crippen molar-refractivity contribution in [3.63, 3.8) is 0 Å². The lowest BCUT2D eigenvalue weighted by Crippen LogP contribution is -2.53. The summed E-state index contributed by atoms with van der Waals surface area (Å²) in [5.74, 6) is -1.70. The molecule has 3 rings (SSSR count). The summed E-state index contributed by atoms with van der Waals surface area (Å²) in [5, 5.41) is 4.83. The third-order valence-electron chi connectivity index (χ3n) is 4.83. The maximum atomic E-state index is 13.0. The molecule has 0 bridgehead atoms. The molecule has 1 atom stereocenters. The van der Waals surface area contributed by atoms with E-state index in [-0.39, 0.29) is 24.5 Å². The number of benzene rings is 2. The second-order valence-electron chi connectivity index (χ2n) is 6.99. The highest BCUT2D eigenvalue weighted by molar-refractivity contribution is 7.89. The molecule has 1 aliphatic heterocycles. The van der Waals surface area contributed by atoms with Gasteiger partial charge in [0.1, 0.15) is 17.8 Å². The van der Waals surface area contributed by atoms with E-state index in [4.69, 9.17) is 9.47 Å². The van der Waals surface area contributed by atoms with E-state index >= 15 is 0 Å². The highest BCUT2D eigenvalue weighted by Crippen LogP contribution is 2.23. The lowest BCUT2D eigenvalue weighted by atomic mass is 10.2. The van der Waals surface area contributed by atoms with Gasteiger partial charge in [0.25, 0.3) is 0 Å². The SMILES string of the molecule is COc1ccc(S(=O)(=O)N2CCCO[C@@H]2CNC(=O)C(=O)NCc2ccc(F)cc2)cc1. The average Bonchev–Trinajstić information content (AvgIpc) is 2.82. The van der Waals surface area contributed by atoms with Crippen LogP contribution in [0.2, 0.25) is 0 Å². The van der Waals surface area contributed by atoms with E-state index in [1.54, 1.807) is 12.1 Å². The number of hydrogen-bond acceptors (Lipinski definition) is 6. The lowest BCUT2D eigenvalue weighted by molar-refractivity contribution is -0.140. The van der Waals surface area contributed by atoms with Crippen LogP contribution < -0.4 is 15.4 Å². The van der Waals surface area contributed by atoms with Gasteiger partial charge in [0.2, 0.25) is 10.0 Å². The van der Waals surface area contributed by atoms with Crippen LogP contribution in [0.3, 0.4) is 0 Å². The topological polar surface area (TPSA) is 114 Å². The molecule has 172 valence electrons. The van der Waals surface area contributed by atoms with Crippen molar-refractivity contribution in [1.82, 2.24) is 14.9 Å². The van der Waals surface area contributed by atoms with Gasteiger partial charge in [-0.05, 0) is 48.4 Å². The molecule has 11 heteroatoms. The first-order valence-electron chi connectivity index (χ1n) is 9.89. The Bertz CT molecular complexity index is 1040. The number of carbonyl (C=O) groups excluding carboxylic acids is 2. The number of ether oxygens (including phenoxy) is 2. The van der Waals surface area contributed by atoms with Crippen molar-refractivity contribution in [3.05, 3.63) is 59.9 Å². The summed E-state index contributed by atoms with van der Waals surface area (Å²) in [4.78, 5) is 24.2. The first-order valence-corrected chi connectivity index (χ1v) is 11.3. The Morgan fingerprint density at radius 3 is 2.41 bits per heavy atom. The summed E-state index contributed by atoms with van der Waals surface area (Å²) in [5.41, 5.74) is 0.625. The molecule has 2 aromatic rings. The summed E-state index contributed by atoms with van der Waals surface area (Å²) < 4.78 is 50.8. The number of halogens is 1. The molecule has 2 amide bonds. The Morgan fingerprint density at radius 1 is 1.09 bits per heavy atom. The van der Waals surface area contributed by atoms with Crippen molar-refractivity contribution in [2.45, 2.75) is 24.1 Å². The molecule has 1 heterocycles. The normalized spacial score (nSPS) is 16.9. The van der Waals surface area contributed by atoms with Crippen LogP contribution in [0.15, 0.2) is 53.4 Å². The minimum atomic E-state index is -3.88. The number of methoxy groups -OCH3 is 1. The van der Waals surface area contributed by atoms with E-state index in [1.165, 1.54) is 43.5 Å². The van der Waals surface area contributed by atoms with Crippen molar-refractivity contribution in [3.8, 4) is 5.75 Å². The Labute approximate surface area is 185 Å². The van der Waals surface area contributed by atoms with Crippen molar-refractivity contribution in [2.75, 3.05) is 26.8 Å². The van der Waals surface area contributed by atoms with Gasteiger partial charge in [-0.15, -0.1) is 0 Å². The molecule has 1 saturated heterocycles. The second kappa shape index (κ2) is 10.5. The molecule has 2 N–H and O–H groups in total. The number of nitrogens with one attached hydrogen (secondary N) is 2. The van der Waals surface area contributed by atoms with Gasteiger partial charge in [-0.3, -0.25) is 9.59 Å². The van der Waals surface area contributed by atoms with Crippen molar-refractivity contribution < 1.29 is 31.9 Å². The molecule has 0 unspecified atom stereocenters. The predicted octanol–water partition coefficient (Wildman–Crippen LogP) is 1.00. The maximum absolute atomic E-state index is 13.0. The minimum absolute atomic E-state index is 0.0461. The van der Waals surface area contributed by atoms with Crippen LogP contribution in [0.4, 0.5) is 4.39 Å². The second-order valence-corrected chi connectivity index (χ2v) is 8.88. The van der Waals surface area contributed by atoms with Crippen molar-refractivity contribution >= 4 is 21.8 Å². The van der Waals surface area contributed by atoms with Crippen LogP contribution in [-0.4, -0.2) is 57.6 Å². The van der Waals surface area contributed by atoms with Gasteiger partial charge in [0.15, 0.2) is 0 Å². The first-order chi connectivity index (χ1) is 15.3. The molecule has 9 nitrogen and oxygen atoms in total. The molecule has 0 spiro atoms. The minimum Gasteiger partial charge on any atom is -0.497 e. The molecular weight excluding hydrogens is 441 g/mol. The molecule has 1 fully saturated rings. The van der Waals surface area contributed by atoms with E-state index in [0.717, 1.165) is 4.31 Å². The predicted molar refractivity (Wildman–Crippen MR) is 112 cm³/mol. The molecular formula is C21H24FN3O6S. The lowest BCUT2D eigenvalue weighted by Gasteiger charge is -2.34. The summed E-state index contributed by atoms with van der Waals surface area (Å²) in [6.45, 7) is 0.389. The van der Waals surface area contributed by atoms with E-state index < -0.39 is 33.9 Å². The first kappa shape index (κ1) is 23.6. The van der Waals surface area contributed by atoms with E-state index in [2.05, 4.69) is 10.6 Å². The Hall–Kier alpha value is -3.02. The number of amides is 2. The molecule has 0 radical (unpaired) electrons. The van der Waals surface area contributed by atoms with E-state index in [0.29, 0.717) is 24.3 Å². The Morgan fingerprint density at radius 2 is 1.75 bits per heavy atom. The van der Waals surface area contributed by atoms with Gasteiger partial charge >= 0.3 is 11.8 Å². The number of sulfonamides is 1. The summed E-state index contributed by atoms with van der Waals surface area (Å²) in [6, 6.07) is 11.4. The Kier molecular flexibility index (Phi) is 7.78. The van der Waals surface area contributed by atoms with Crippen LogP contribution in [0.25, 0.3) is 0 Å². The molecule has 0 aromatic heterocycles. The van der Waals surface area contributed by atoms with Gasteiger partial charge in [0.05, 0.1) is 25.2 Å². The zero-order valence-corrected chi connectivity index (χ0v) is 18.2. The third kappa shape index (κ3) is 5.81. The van der Waals surface area contributed by atoms with Crippen LogP contribution >= 0.6 is 0 Å². The van der Waals surface area contributed by atoms with Gasteiger partial charge in [-0.2, -0.15) is 4.31 Å². The highest BCUT2D eigenvalue weighted by Gasteiger charge is 2.35. The summed E-state index contributed by atoms with van der Waals surface area (Å²) >= 11 is 0. The number of hydrogen-bond donors (Lipinski definition) is 2. The third-order valence-corrected chi connectivity index (χ3v) is 6.73.